The van der Waals surface area contributed by atoms with Crippen molar-refractivity contribution in [2.75, 3.05) is 13.7 Å². The van der Waals surface area contributed by atoms with Gasteiger partial charge in [-0.2, -0.15) is 0 Å². The monoisotopic (exact) mass is 550 g/mol. The Kier molecular flexibility index (Phi) is 10.2. The molecule has 222 valence electrons. The Morgan fingerprint density at radius 1 is 0.725 bits per heavy atom. The molecule has 0 radical (unpaired) electrons. The summed E-state index contributed by atoms with van der Waals surface area (Å²) in [5, 5.41) is 33.0. The SMILES string of the molecule is COC(C)(C)CCCC1=CC(C)(C)C=C(c2ccccc2C2=CC(C)(C)C=C(CCCC(C)(C)CO)C2O)C1O. The lowest BCUT2D eigenvalue weighted by Crippen LogP contribution is -2.26. The van der Waals surface area contributed by atoms with Crippen LogP contribution in [0, 0.1) is 16.2 Å². The quantitative estimate of drug-likeness (QED) is 0.231. The van der Waals surface area contributed by atoms with Crippen molar-refractivity contribution in [3.63, 3.8) is 0 Å². The van der Waals surface area contributed by atoms with E-state index >= 15 is 0 Å². The Morgan fingerprint density at radius 3 is 1.55 bits per heavy atom. The predicted octanol–water partition coefficient (Wildman–Crippen LogP) is 7.89. The summed E-state index contributed by atoms with van der Waals surface area (Å²) < 4.78 is 5.61. The fourth-order valence-electron chi connectivity index (χ4n) is 6.08. The van der Waals surface area contributed by atoms with Crippen molar-refractivity contribution in [3.8, 4) is 0 Å². The summed E-state index contributed by atoms with van der Waals surface area (Å²) in [5.74, 6) is 0. The molecule has 4 heteroatoms. The summed E-state index contributed by atoms with van der Waals surface area (Å²) in [7, 11) is 1.75. The van der Waals surface area contributed by atoms with Crippen LogP contribution in [0.1, 0.15) is 105 Å². The van der Waals surface area contributed by atoms with Gasteiger partial charge in [0.1, 0.15) is 12.2 Å². The minimum atomic E-state index is -0.702. The van der Waals surface area contributed by atoms with E-state index in [0.717, 1.165) is 71.9 Å². The molecule has 1 aromatic rings. The van der Waals surface area contributed by atoms with Gasteiger partial charge in [0.05, 0.1) is 5.60 Å². The average Bonchev–Trinajstić information content (AvgIpc) is 2.87. The van der Waals surface area contributed by atoms with Crippen LogP contribution in [-0.4, -0.2) is 46.8 Å². The highest BCUT2D eigenvalue weighted by molar-refractivity contribution is 5.86. The van der Waals surface area contributed by atoms with Crippen LogP contribution in [0.2, 0.25) is 0 Å². The van der Waals surface area contributed by atoms with Crippen molar-refractivity contribution in [3.05, 3.63) is 70.8 Å². The van der Waals surface area contributed by atoms with Gasteiger partial charge in [-0.25, -0.2) is 0 Å². The van der Waals surface area contributed by atoms with Crippen LogP contribution in [0.5, 0.6) is 0 Å². The maximum absolute atomic E-state index is 11.7. The molecule has 0 heterocycles. The number of rotatable bonds is 12. The van der Waals surface area contributed by atoms with E-state index in [1.807, 2.05) is 12.1 Å². The van der Waals surface area contributed by atoms with Crippen molar-refractivity contribution >= 4 is 11.1 Å². The van der Waals surface area contributed by atoms with E-state index in [1.165, 1.54) is 0 Å². The van der Waals surface area contributed by atoms with Gasteiger partial charge in [0.2, 0.25) is 0 Å². The lowest BCUT2D eigenvalue weighted by atomic mass is 9.73. The van der Waals surface area contributed by atoms with Crippen molar-refractivity contribution in [1.29, 1.82) is 0 Å². The van der Waals surface area contributed by atoms with E-state index < -0.39 is 12.2 Å². The molecule has 0 fully saturated rings. The summed E-state index contributed by atoms with van der Waals surface area (Å²) in [5.41, 5.74) is 5.15. The first-order valence-electron chi connectivity index (χ1n) is 15.0. The molecule has 0 saturated carbocycles. The lowest BCUT2D eigenvalue weighted by Gasteiger charge is -2.35. The maximum atomic E-state index is 11.7. The number of aliphatic hydroxyl groups is 3. The molecule has 2 aliphatic carbocycles. The zero-order valence-electron chi connectivity index (χ0n) is 26.5. The Bertz CT molecular complexity index is 1070. The third-order valence-corrected chi connectivity index (χ3v) is 8.55. The molecule has 3 N–H and O–H groups in total. The second kappa shape index (κ2) is 12.5. The third-order valence-electron chi connectivity index (χ3n) is 8.55. The first-order chi connectivity index (χ1) is 18.5. The second-order valence-corrected chi connectivity index (χ2v) is 14.6. The number of benzene rings is 1. The summed E-state index contributed by atoms with van der Waals surface area (Å²) in [6, 6.07) is 8.20. The largest absolute Gasteiger partial charge is 0.396 e. The topological polar surface area (TPSA) is 69.9 Å². The number of allylic oxidation sites excluding steroid dienone is 4. The van der Waals surface area contributed by atoms with Crippen molar-refractivity contribution < 1.29 is 20.1 Å². The fourth-order valence-corrected chi connectivity index (χ4v) is 6.08. The Morgan fingerprint density at radius 2 is 1.15 bits per heavy atom. The first-order valence-corrected chi connectivity index (χ1v) is 15.0. The van der Waals surface area contributed by atoms with Crippen LogP contribution in [0.25, 0.3) is 11.1 Å². The Balaban J connectivity index is 1.92. The minimum Gasteiger partial charge on any atom is -0.396 e. The molecule has 1 aromatic carbocycles. The van der Waals surface area contributed by atoms with Crippen molar-refractivity contribution in [2.24, 2.45) is 16.2 Å². The fraction of sp³-hybridized carbons (Fsp3) is 0.611. The third kappa shape index (κ3) is 8.28. The van der Waals surface area contributed by atoms with Crippen LogP contribution in [-0.2, 0) is 4.74 Å². The standard InChI is InChI=1S/C36H54O4/c1-33(2,24-37)18-12-14-25-20-34(3,4)22-29(31(25)38)27-16-10-11-17-28(27)30-23-35(5,6)21-26(32(30)39)15-13-19-36(7,8)40-9/h10-11,16-17,20-23,31-32,37-39H,12-15,18-19,24H2,1-9H3. The summed E-state index contributed by atoms with van der Waals surface area (Å²) in [6.07, 6.45) is 12.7. The van der Waals surface area contributed by atoms with Gasteiger partial charge in [-0.05, 0) is 91.2 Å². The van der Waals surface area contributed by atoms with E-state index in [-0.39, 0.29) is 28.5 Å². The number of methoxy groups -OCH3 is 1. The molecular weight excluding hydrogens is 496 g/mol. The molecular formula is C36H54O4. The van der Waals surface area contributed by atoms with Crippen LogP contribution in [0.4, 0.5) is 0 Å². The zero-order valence-corrected chi connectivity index (χ0v) is 26.5. The normalized spacial score (nSPS) is 22.8. The van der Waals surface area contributed by atoms with Crippen LogP contribution in [0.15, 0.2) is 59.7 Å². The van der Waals surface area contributed by atoms with Gasteiger partial charge < -0.3 is 20.1 Å². The summed E-state index contributed by atoms with van der Waals surface area (Å²) >= 11 is 0. The van der Waals surface area contributed by atoms with Gasteiger partial charge in [0.15, 0.2) is 0 Å². The molecule has 40 heavy (non-hydrogen) atoms. The van der Waals surface area contributed by atoms with Crippen LogP contribution >= 0.6 is 0 Å². The van der Waals surface area contributed by atoms with Gasteiger partial charge in [0.25, 0.3) is 0 Å². The lowest BCUT2D eigenvalue weighted by molar-refractivity contribution is 0.0137. The highest BCUT2D eigenvalue weighted by Crippen LogP contribution is 2.44. The van der Waals surface area contributed by atoms with Crippen LogP contribution < -0.4 is 0 Å². The molecule has 4 nitrogen and oxygen atoms in total. The molecule has 3 rings (SSSR count). The van der Waals surface area contributed by atoms with Crippen LogP contribution in [0.3, 0.4) is 0 Å². The first kappa shape index (κ1) is 32.5. The van der Waals surface area contributed by atoms with Gasteiger partial charge in [-0.3, -0.25) is 0 Å². The predicted molar refractivity (Wildman–Crippen MR) is 168 cm³/mol. The van der Waals surface area contributed by atoms with E-state index in [4.69, 9.17) is 4.74 Å². The maximum Gasteiger partial charge on any atom is 0.100 e. The number of hydrogen-bond donors (Lipinski definition) is 3. The summed E-state index contributed by atoms with van der Waals surface area (Å²) in [6.45, 7) is 17.3. The number of ether oxygens (including phenoxy) is 1. The molecule has 0 bridgehead atoms. The van der Waals surface area contributed by atoms with Gasteiger partial charge in [-0.15, -0.1) is 0 Å². The van der Waals surface area contributed by atoms with Gasteiger partial charge >= 0.3 is 0 Å². The number of aliphatic hydroxyl groups excluding tert-OH is 3. The molecule has 2 unspecified atom stereocenters. The highest BCUT2D eigenvalue weighted by atomic mass is 16.5. The molecule has 0 aliphatic heterocycles. The van der Waals surface area contributed by atoms with E-state index in [1.54, 1.807) is 7.11 Å². The average molecular weight is 551 g/mol. The smallest absolute Gasteiger partial charge is 0.100 e. The molecule has 0 spiro atoms. The summed E-state index contributed by atoms with van der Waals surface area (Å²) in [4.78, 5) is 0. The highest BCUT2D eigenvalue weighted by Gasteiger charge is 2.33. The molecule has 0 aromatic heterocycles. The zero-order chi connectivity index (χ0) is 29.9. The van der Waals surface area contributed by atoms with E-state index in [2.05, 4.69) is 91.8 Å². The Labute approximate surface area is 243 Å². The van der Waals surface area contributed by atoms with Gasteiger partial charge in [-0.1, -0.05) is 90.1 Å². The minimum absolute atomic E-state index is 0.123. The Hall–Kier alpha value is -1.98. The molecule has 0 amide bonds. The molecule has 2 atom stereocenters. The molecule has 2 aliphatic rings. The van der Waals surface area contributed by atoms with Gasteiger partial charge in [0, 0.05) is 24.5 Å². The van der Waals surface area contributed by atoms with Crippen molar-refractivity contribution in [2.45, 2.75) is 112 Å². The molecule has 0 saturated heterocycles. The second-order valence-electron chi connectivity index (χ2n) is 14.6. The van der Waals surface area contributed by atoms with E-state index in [0.29, 0.717) is 0 Å². The van der Waals surface area contributed by atoms with E-state index in [9.17, 15) is 15.3 Å². The van der Waals surface area contributed by atoms with Crippen molar-refractivity contribution in [1.82, 2.24) is 0 Å². The number of hydrogen-bond acceptors (Lipinski definition) is 4.